The molecule has 0 atom stereocenters. The maximum atomic E-state index is 14.3. The highest BCUT2D eigenvalue weighted by molar-refractivity contribution is 7.89. The molecule has 1 aliphatic heterocycles. The summed E-state index contributed by atoms with van der Waals surface area (Å²) in [6, 6.07) is 0.661. The summed E-state index contributed by atoms with van der Waals surface area (Å²) in [6.45, 7) is -3.01. The van der Waals surface area contributed by atoms with Crippen molar-refractivity contribution in [1.82, 2.24) is 9.21 Å². The van der Waals surface area contributed by atoms with Crippen LogP contribution in [-0.4, -0.2) is 111 Å². The molecule has 20 heteroatoms. The molecule has 0 amide bonds. The van der Waals surface area contributed by atoms with Crippen LogP contribution in [0.5, 0.6) is 0 Å². The van der Waals surface area contributed by atoms with E-state index in [4.69, 9.17) is 0 Å². The highest BCUT2D eigenvalue weighted by Gasteiger charge is 2.42. The number of piperidine rings is 1. The first kappa shape index (κ1) is 34.1. The predicted molar refractivity (Wildman–Crippen MR) is 137 cm³/mol. The van der Waals surface area contributed by atoms with Gasteiger partial charge in [0, 0.05) is 44.4 Å². The fraction of sp³-hybridized carbons (Fsp3) is 0.700. The number of benzene rings is 1. The summed E-state index contributed by atoms with van der Waals surface area (Å²) in [6.07, 6.45) is -3.25. The van der Waals surface area contributed by atoms with Crippen LogP contribution < -0.4 is 4.90 Å². The van der Waals surface area contributed by atoms with Crippen LogP contribution in [-0.2, 0) is 44.8 Å². The van der Waals surface area contributed by atoms with Gasteiger partial charge in [-0.2, -0.15) is 34.3 Å². The van der Waals surface area contributed by atoms with Crippen molar-refractivity contribution in [1.29, 1.82) is 0 Å². The molecule has 1 aliphatic rings. The van der Waals surface area contributed by atoms with Crippen LogP contribution in [0.15, 0.2) is 17.0 Å². The minimum absolute atomic E-state index is 0.000419. The maximum Gasteiger partial charge on any atom is 0.418 e. The lowest BCUT2D eigenvalue weighted by Gasteiger charge is -2.36. The van der Waals surface area contributed by atoms with Crippen molar-refractivity contribution < 1.29 is 51.7 Å². The molecule has 1 saturated heterocycles. The third kappa shape index (κ3) is 9.48. The number of halogens is 3. The zero-order valence-corrected chi connectivity index (χ0v) is 24.6. The zero-order valence-electron chi connectivity index (χ0n) is 22.1. The molecule has 1 aromatic carbocycles. The van der Waals surface area contributed by atoms with Crippen molar-refractivity contribution in [3.05, 3.63) is 27.8 Å². The Morgan fingerprint density at radius 3 is 1.82 bits per heavy atom. The van der Waals surface area contributed by atoms with Gasteiger partial charge in [-0.25, -0.2) is 8.42 Å². The largest absolute Gasteiger partial charge is 0.418 e. The number of nitro groups is 1. The normalized spacial score (nSPS) is 16.4. The van der Waals surface area contributed by atoms with Gasteiger partial charge in [0.2, 0.25) is 10.0 Å². The highest BCUT2D eigenvalue weighted by atomic mass is 32.2. The SMILES string of the molecule is CN(C)C1CCN(S(=O)(=O)c2cc([N+](=O)[O-])cc(C(F)(F)F)c2N(CCOS(C)(=O)=O)CCOS(C)(=O)=O)CC1. The lowest BCUT2D eigenvalue weighted by atomic mass is 10.1. The summed E-state index contributed by atoms with van der Waals surface area (Å²) < 4.78 is 126. The van der Waals surface area contributed by atoms with Crippen molar-refractivity contribution in [2.45, 2.75) is 30.0 Å². The number of alkyl halides is 3. The summed E-state index contributed by atoms with van der Waals surface area (Å²) in [5.74, 6) is 0. The van der Waals surface area contributed by atoms with Gasteiger partial charge in [-0.3, -0.25) is 18.5 Å². The smallest absolute Gasteiger partial charge is 0.365 e. The Morgan fingerprint density at radius 2 is 1.45 bits per heavy atom. The van der Waals surface area contributed by atoms with E-state index in [1.165, 1.54) is 0 Å². The fourth-order valence-electron chi connectivity index (χ4n) is 4.11. The van der Waals surface area contributed by atoms with Crippen LogP contribution in [0.2, 0.25) is 0 Å². The first-order valence-corrected chi connectivity index (χ1v) is 16.7. The molecule has 40 heavy (non-hydrogen) atoms. The quantitative estimate of drug-likeness (QED) is 0.171. The van der Waals surface area contributed by atoms with Gasteiger partial charge in [0.1, 0.15) is 4.90 Å². The van der Waals surface area contributed by atoms with E-state index in [0.29, 0.717) is 31.4 Å². The van der Waals surface area contributed by atoms with Crippen molar-refractivity contribution in [3.8, 4) is 0 Å². The van der Waals surface area contributed by atoms with Gasteiger partial charge in [-0.15, -0.1) is 0 Å². The lowest BCUT2D eigenvalue weighted by molar-refractivity contribution is -0.385. The van der Waals surface area contributed by atoms with E-state index in [1.807, 2.05) is 4.90 Å². The third-order valence-corrected chi connectivity index (χ3v) is 9.08. The Kier molecular flexibility index (Phi) is 10.9. The number of nitro benzene ring substituents is 1. The number of anilines is 1. The molecule has 1 fully saturated rings. The van der Waals surface area contributed by atoms with Crippen molar-refractivity contribution >= 4 is 41.6 Å². The van der Waals surface area contributed by atoms with Gasteiger partial charge < -0.3 is 9.80 Å². The molecule has 230 valence electrons. The monoisotopic (exact) mass is 640 g/mol. The molecule has 0 spiro atoms. The second kappa shape index (κ2) is 12.8. The van der Waals surface area contributed by atoms with Gasteiger partial charge in [0.05, 0.1) is 41.9 Å². The highest BCUT2D eigenvalue weighted by Crippen LogP contribution is 2.44. The summed E-state index contributed by atoms with van der Waals surface area (Å²) in [5.41, 5.74) is -3.86. The second-order valence-corrected chi connectivity index (χ2v) is 14.4. The Bertz CT molecular complexity index is 1360. The summed E-state index contributed by atoms with van der Waals surface area (Å²) in [4.78, 5) is 11.9. The average Bonchev–Trinajstić information content (AvgIpc) is 2.80. The van der Waals surface area contributed by atoms with Gasteiger partial charge in [0.25, 0.3) is 25.9 Å². The molecule has 0 unspecified atom stereocenters. The number of hydrogen-bond donors (Lipinski definition) is 0. The molecular formula is C20H31F3N4O10S3. The van der Waals surface area contributed by atoms with E-state index in [0.717, 1.165) is 9.21 Å². The van der Waals surface area contributed by atoms with Crippen LogP contribution in [0.1, 0.15) is 18.4 Å². The van der Waals surface area contributed by atoms with E-state index < -0.39 is 89.5 Å². The standard InChI is InChI=1S/C20H31F3N4O10S3/c1-24(2)15-5-7-26(8-6-15)40(34,35)18-14-16(27(28)29)13-17(20(21,22)23)19(18)25(9-11-36-38(3,30)31)10-12-37-39(4,32)33/h13-15H,5-12H2,1-4H3. The first-order chi connectivity index (χ1) is 18.1. The molecule has 0 aliphatic carbocycles. The Morgan fingerprint density at radius 1 is 0.975 bits per heavy atom. The first-order valence-electron chi connectivity index (χ1n) is 11.6. The molecule has 0 aromatic heterocycles. The summed E-state index contributed by atoms with van der Waals surface area (Å²) >= 11 is 0. The number of sulfonamides is 1. The Labute approximate surface area is 231 Å². The van der Waals surface area contributed by atoms with Crippen LogP contribution in [0.3, 0.4) is 0 Å². The number of hydrogen-bond acceptors (Lipinski definition) is 12. The van der Waals surface area contributed by atoms with E-state index in [-0.39, 0.29) is 25.2 Å². The number of nitrogens with zero attached hydrogens (tertiary/aromatic N) is 4. The molecule has 14 nitrogen and oxygen atoms in total. The van der Waals surface area contributed by atoms with E-state index >= 15 is 0 Å². The van der Waals surface area contributed by atoms with Crippen molar-refractivity contribution in [3.63, 3.8) is 0 Å². The van der Waals surface area contributed by atoms with E-state index in [1.54, 1.807) is 14.1 Å². The third-order valence-electron chi connectivity index (χ3n) is 5.98. The second-order valence-electron chi connectivity index (χ2n) is 9.23. The van der Waals surface area contributed by atoms with Crippen LogP contribution >= 0.6 is 0 Å². The summed E-state index contributed by atoms with van der Waals surface area (Å²) in [7, 11) is -9.33. The topological polar surface area (TPSA) is 174 Å². The van der Waals surface area contributed by atoms with Gasteiger partial charge in [-0.05, 0) is 26.9 Å². The molecular weight excluding hydrogens is 609 g/mol. The van der Waals surface area contributed by atoms with E-state index in [9.17, 15) is 48.5 Å². The molecule has 0 bridgehead atoms. The lowest BCUT2D eigenvalue weighted by Crippen LogP contribution is -2.45. The molecule has 1 heterocycles. The summed E-state index contributed by atoms with van der Waals surface area (Å²) in [5, 5.41) is 11.5. The maximum absolute atomic E-state index is 14.3. The molecule has 1 aromatic rings. The van der Waals surface area contributed by atoms with Crippen LogP contribution in [0, 0.1) is 10.1 Å². The predicted octanol–water partition coefficient (Wildman–Crippen LogP) is 1.09. The van der Waals surface area contributed by atoms with Crippen LogP contribution in [0.4, 0.5) is 24.5 Å². The van der Waals surface area contributed by atoms with Crippen LogP contribution in [0.25, 0.3) is 0 Å². The van der Waals surface area contributed by atoms with Gasteiger partial charge >= 0.3 is 6.18 Å². The fourth-order valence-corrected chi connectivity index (χ4v) is 6.59. The van der Waals surface area contributed by atoms with Gasteiger partial charge in [0.15, 0.2) is 0 Å². The number of rotatable bonds is 13. The Balaban J connectivity index is 2.75. The average molecular weight is 641 g/mol. The molecule has 0 radical (unpaired) electrons. The molecule has 0 N–H and O–H groups in total. The minimum atomic E-state index is -5.31. The number of non-ortho nitro benzene ring substituents is 1. The van der Waals surface area contributed by atoms with Crippen molar-refractivity contribution in [2.24, 2.45) is 0 Å². The Hall–Kier alpha value is -2.10. The minimum Gasteiger partial charge on any atom is -0.365 e. The zero-order chi connectivity index (χ0) is 30.7. The molecule has 2 rings (SSSR count). The van der Waals surface area contributed by atoms with Crippen molar-refractivity contribution in [2.75, 3.05) is 70.9 Å². The van der Waals surface area contributed by atoms with Gasteiger partial charge in [-0.1, -0.05) is 0 Å². The van der Waals surface area contributed by atoms with E-state index in [2.05, 4.69) is 8.37 Å². The molecule has 0 saturated carbocycles.